The van der Waals surface area contributed by atoms with Gasteiger partial charge in [-0.15, -0.1) is 0 Å². The van der Waals surface area contributed by atoms with Gasteiger partial charge in [0.25, 0.3) is 0 Å². The maximum atomic E-state index is 12.3. The van der Waals surface area contributed by atoms with E-state index in [1.165, 1.54) is 23.4 Å². The number of aromatic nitrogens is 4. The predicted octanol–water partition coefficient (Wildman–Crippen LogP) is 1.10. The van der Waals surface area contributed by atoms with Gasteiger partial charge in [0.2, 0.25) is 11.7 Å². The highest BCUT2D eigenvalue weighted by atomic mass is 16.3. The van der Waals surface area contributed by atoms with E-state index in [2.05, 4.69) is 15.1 Å². The van der Waals surface area contributed by atoms with Crippen LogP contribution in [0.25, 0.3) is 0 Å². The summed E-state index contributed by atoms with van der Waals surface area (Å²) in [6, 6.07) is 0. The lowest BCUT2D eigenvalue weighted by atomic mass is 10.0. The highest BCUT2D eigenvalue weighted by Gasteiger charge is 2.23. The van der Waals surface area contributed by atoms with Gasteiger partial charge in [-0.3, -0.25) is 4.79 Å². The Bertz CT molecular complexity index is 563. The van der Waals surface area contributed by atoms with E-state index >= 15 is 0 Å². The van der Waals surface area contributed by atoms with E-state index in [0.717, 1.165) is 6.42 Å². The van der Waals surface area contributed by atoms with Gasteiger partial charge >= 0.3 is 0 Å². The molecule has 1 N–H and O–H groups in total. The molecule has 0 saturated heterocycles. The standard InChI is InChI=1S/C12H14N4O2/c1-3-4-9-10(12(18)16(2)15-9)11(17)8-5-13-7-14-6-8/h5-7,18H,3-4H2,1-2H3. The van der Waals surface area contributed by atoms with Crippen LogP contribution in [0.3, 0.4) is 0 Å². The van der Waals surface area contributed by atoms with E-state index in [1.807, 2.05) is 6.92 Å². The molecule has 2 aromatic rings. The smallest absolute Gasteiger partial charge is 0.220 e. The van der Waals surface area contributed by atoms with E-state index < -0.39 is 0 Å². The van der Waals surface area contributed by atoms with Crippen molar-refractivity contribution in [2.75, 3.05) is 0 Å². The van der Waals surface area contributed by atoms with Crippen LogP contribution in [0, 0.1) is 0 Å². The van der Waals surface area contributed by atoms with Gasteiger partial charge in [0, 0.05) is 19.4 Å². The first-order valence-corrected chi connectivity index (χ1v) is 5.69. The molecule has 94 valence electrons. The zero-order valence-corrected chi connectivity index (χ0v) is 10.3. The second-order valence-electron chi connectivity index (χ2n) is 3.98. The third-order valence-corrected chi connectivity index (χ3v) is 2.63. The average molecular weight is 246 g/mol. The number of aryl methyl sites for hydroxylation is 2. The molecule has 2 heterocycles. The molecular weight excluding hydrogens is 232 g/mol. The lowest BCUT2D eigenvalue weighted by Crippen LogP contribution is -2.05. The highest BCUT2D eigenvalue weighted by Crippen LogP contribution is 2.24. The lowest BCUT2D eigenvalue weighted by molar-refractivity contribution is 0.103. The number of carbonyl (C=O) groups excluding carboxylic acids is 1. The second-order valence-corrected chi connectivity index (χ2v) is 3.98. The molecule has 0 unspecified atom stereocenters. The molecule has 0 aromatic carbocycles. The van der Waals surface area contributed by atoms with Crippen molar-refractivity contribution in [2.24, 2.45) is 7.05 Å². The van der Waals surface area contributed by atoms with Gasteiger partial charge in [-0.25, -0.2) is 14.6 Å². The van der Waals surface area contributed by atoms with E-state index in [-0.39, 0.29) is 17.2 Å². The van der Waals surface area contributed by atoms with Crippen LogP contribution in [0.2, 0.25) is 0 Å². The maximum absolute atomic E-state index is 12.3. The largest absolute Gasteiger partial charge is 0.493 e. The fourth-order valence-corrected chi connectivity index (χ4v) is 1.77. The van der Waals surface area contributed by atoms with Crippen LogP contribution < -0.4 is 0 Å². The molecule has 2 aromatic heterocycles. The molecule has 0 spiro atoms. The summed E-state index contributed by atoms with van der Waals surface area (Å²) in [5.74, 6) is -0.419. The van der Waals surface area contributed by atoms with Crippen molar-refractivity contribution in [1.82, 2.24) is 19.7 Å². The Kier molecular flexibility index (Phi) is 3.36. The molecule has 18 heavy (non-hydrogen) atoms. The fraction of sp³-hybridized carbons (Fsp3) is 0.333. The monoisotopic (exact) mass is 246 g/mol. The van der Waals surface area contributed by atoms with Crippen molar-refractivity contribution in [2.45, 2.75) is 19.8 Å². The lowest BCUT2D eigenvalue weighted by Gasteiger charge is -2.01. The summed E-state index contributed by atoms with van der Waals surface area (Å²) in [7, 11) is 1.60. The quantitative estimate of drug-likeness (QED) is 0.817. The van der Waals surface area contributed by atoms with E-state index in [0.29, 0.717) is 17.7 Å². The molecule has 0 aliphatic rings. The minimum Gasteiger partial charge on any atom is -0.493 e. The van der Waals surface area contributed by atoms with Gasteiger partial charge in [0.1, 0.15) is 11.9 Å². The molecule has 0 atom stereocenters. The molecule has 0 aliphatic carbocycles. The van der Waals surface area contributed by atoms with Gasteiger partial charge in [0.15, 0.2) is 0 Å². The van der Waals surface area contributed by atoms with E-state index in [1.54, 1.807) is 7.05 Å². The third-order valence-electron chi connectivity index (χ3n) is 2.63. The zero-order valence-electron chi connectivity index (χ0n) is 10.3. The summed E-state index contributed by atoms with van der Waals surface area (Å²) in [5.41, 5.74) is 1.19. The molecule has 0 fully saturated rings. The summed E-state index contributed by atoms with van der Waals surface area (Å²) < 4.78 is 1.31. The molecular formula is C12H14N4O2. The average Bonchev–Trinajstić information content (AvgIpc) is 2.66. The first-order valence-electron chi connectivity index (χ1n) is 5.69. The number of ketones is 1. The van der Waals surface area contributed by atoms with E-state index in [4.69, 9.17) is 0 Å². The number of hydrogen-bond acceptors (Lipinski definition) is 5. The van der Waals surface area contributed by atoms with Crippen LogP contribution in [0.1, 0.15) is 35.0 Å². The Morgan fingerprint density at radius 1 is 1.39 bits per heavy atom. The summed E-state index contributed by atoms with van der Waals surface area (Å²) in [5, 5.41) is 14.1. The van der Waals surface area contributed by atoms with Crippen LogP contribution in [-0.2, 0) is 13.5 Å². The molecule has 0 bridgehead atoms. The fourth-order valence-electron chi connectivity index (χ4n) is 1.77. The summed E-state index contributed by atoms with van der Waals surface area (Å²) in [6.07, 6.45) is 5.70. The molecule has 6 heteroatoms. The van der Waals surface area contributed by atoms with Gasteiger partial charge in [-0.1, -0.05) is 13.3 Å². The number of nitrogens with zero attached hydrogens (tertiary/aromatic N) is 4. The maximum Gasteiger partial charge on any atom is 0.220 e. The van der Waals surface area contributed by atoms with Crippen LogP contribution in [0.15, 0.2) is 18.7 Å². The zero-order chi connectivity index (χ0) is 13.1. The van der Waals surface area contributed by atoms with Gasteiger partial charge < -0.3 is 5.11 Å². The Balaban J connectivity index is 2.47. The first kappa shape index (κ1) is 12.2. The van der Waals surface area contributed by atoms with E-state index in [9.17, 15) is 9.90 Å². The van der Waals surface area contributed by atoms with Crippen LogP contribution in [0.5, 0.6) is 5.88 Å². The van der Waals surface area contributed by atoms with Gasteiger partial charge in [-0.05, 0) is 6.42 Å². The van der Waals surface area contributed by atoms with Gasteiger partial charge in [0.05, 0.1) is 11.3 Å². The predicted molar refractivity (Wildman–Crippen MR) is 64.3 cm³/mol. The molecule has 0 saturated carbocycles. The highest BCUT2D eigenvalue weighted by molar-refractivity contribution is 6.10. The molecule has 0 aliphatic heterocycles. The van der Waals surface area contributed by atoms with Crippen molar-refractivity contribution in [3.8, 4) is 5.88 Å². The van der Waals surface area contributed by atoms with Crippen molar-refractivity contribution >= 4 is 5.78 Å². The molecule has 0 amide bonds. The van der Waals surface area contributed by atoms with Crippen molar-refractivity contribution in [3.05, 3.63) is 35.5 Å². The normalized spacial score (nSPS) is 10.6. The minimum absolute atomic E-state index is 0.118. The van der Waals surface area contributed by atoms with Gasteiger partial charge in [-0.2, -0.15) is 5.10 Å². The summed E-state index contributed by atoms with van der Waals surface area (Å²) >= 11 is 0. The SMILES string of the molecule is CCCc1nn(C)c(O)c1C(=O)c1cncnc1. The molecule has 6 nitrogen and oxygen atoms in total. The first-order chi connectivity index (χ1) is 8.65. The van der Waals surface area contributed by atoms with Crippen molar-refractivity contribution in [1.29, 1.82) is 0 Å². The summed E-state index contributed by atoms with van der Waals surface area (Å²) in [4.78, 5) is 19.9. The van der Waals surface area contributed by atoms with Crippen LogP contribution >= 0.6 is 0 Å². The van der Waals surface area contributed by atoms with Crippen molar-refractivity contribution in [3.63, 3.8) is 0 Å². The van der Waals surface area contributed by atoms with Crippen LogP contribution in [-0.4, -0.2) is 30.6 Å². The number of carbonyl (C=O) groups is 1. The Labute approximate surface area is 104 Å². The minimum atomic E-state index is -0.301. The second kappa shape index (κ2) is 4.95. The Hall–Kier alpha value is -2.24. The summed E-state index contributed by atoms with van der Waals surface area (Å²) in [6.45, 7) is 1.99. The third kappa shape index (κ3) is 2.09. The number of hydrogen-bond donors (Lipinski definition) is 1. The molecule has 2 rings (SSSR count). The Morgan fingerprint density at radius 2 is 2.06 bits per heavy atom. The van der Waals surface area contributed by atoms with Crippen LogP contribution in [0.4, 0.5) is 0 Å². The topological polar surface area (TPSA) is 80.9 Å². The number of rotatable bonds is 4. The molecule has 0 radical (unpaired) electrons. The Morgan fingerprint density at radius 3 is 2.67 bits per heavy atom. The number of aromatic hydroxyl groups is 1. The van der Waals surface area contributed by atoms with Crippen molar-refractivity contribution < 1.29 is 9.90 Å².